The number of rotatable bonds is 3. The third-order valence-corrected chi connectivity index (χ3v) is 3.09. The molecule has 19 heavy (non-hydrogen) atoms. The van der Waals surface area contributed by atoms with Crippen LogP contribution in [0.5, 0.6) is 0 Å². The average molecular weight is 371 g/mol. The molecular formula is C12H21Cl5N2. The van der Waals surface area contributed by atoms with E-state index in [0.29, 0.717) is 0 Å². The van der Waals surface area contributed by atoms with Crippen LogP contribution in [-0.4, -0.2) is 37.6 Å². The first-order valence-electron chi connectivity index (χ1n) is 5.52. The van der Waals surface area contributed by atoms with Crippen LogP contribution in [0.15, 0.2) is 24.3 Å². The predicted octanol–water partition coefficient (Wildman–Crippen LogP) is 3.47. The Kier molecular flexibility index (Phi) is 17.6. The second-order valence-corrected chi connectivity index (χ2v) is 4.40. The molecule has 1 aromatic rings. The van der Waals surface area contributed by atoms with E-state index < -0.39 is 0 Å². The molecule has 1 N–H and O–H groups in total. The van der Waals surface area contributed by atoms with E-state index in [1.807, 2.05) is 12.1 Å². The molecule has 0 unspecified atom stereocenters. The quantitative estimate of drug-likeness (QED) is 0.876. The fourth-order valence-corrected chi connectivity index (χ4v) is 2.00. The first-order valence-corrected chi connectivity index (χ1v) is 5.90. The highest BCUT2D eigenvalue weighted by molar-refractivity contribution is 6.30. The number of halogens is 5. The van der Waals surface area contributed by atoms with Crippen LogP contribution in [0.3, 0.4) is 0 Å². The zero-order valence-corrected chi connectivity index (χ0v) is 14.5. The maximum absolute atomic E-state index is 5.84. The van der Waals surface area contributed by atoms with Gasteiger partial charge in [-0.05, 0) is 24.1 Å². The smallest absolute Gasteiger partial charge is 0.0406 e. The predicted molar refractivity (Wildman–Crippen MR) is 93.5 cm³/mol. The number of hydrogen-bond donors (Lipinski definition) is 1. The van der Waals surface area contributed by atoms with E-state index in [4.69, 9.17) is 11.6 Å². The molecule has 0 amide bonds. The Hall–Kier alpha value is 0.590. The molecule has 7 heteroatoms. The van der Waals surface area contributed by atoms with Crippen LogP contribution in [0, 0.1) is 0 Å². The highest BCUT2D eigenvalue weighted by Gasteiger charge is 2.08. The summed E-state index contributed by atoms with van der Waals surface area (Å²) in [4.78, 5) is 2.51. The minimum Gasteiger partial charge on any atom is -0.314 e. The largest absolute Gasteiger partial charge is 0.314 e. The van der Waals surface area contributed by atoms with E-state index in [-0.39, 0.29) is 49.6 Å². The van der Waals surface area contributed by atoms with Gasteiger partial charge in [0, 0.05) is 37.7 Å². The van der Waals surface area contributed by atoms with Gasteiger partial charge in [0.25, 0.3) is 0 Å². The summed E-state index contributed by atoms with van der Waals surface area (Å²) in [5.74, 6) is 0. The van der Waals surface area contributed by atoms with Gasteiger partial charge in [-0.1, -0.05) is 23.7 Å². The van der Waals surface area contributed by atoms with Gasteiger partial charge in [0.15, 0.2) is 0 Å². The van der Waals surface area contributed by atoms with Gasteiger partial charge in [0.2, 0.25) is 0 Å². The van der Waals surface area contributed by atoms with Gasteiger partial charge >= 0.3 is 0 Å². The Morgan fingerprint density at radius 1 is 0.947 bits per heavy atom. The summed E-state index contributed by atoms with van der Waals surface area (Å²) in [5.41, 5.74) is 1.37. The van der Waals surface area contributed by atoms with Crippen molar-refractivity contribution in [1.29, 1.82) is 0 Å². The first kappa shape index (κ1) is 24.6. The Bertz CT molecular complexity index is 301. The second-order valence-electron chi connectivity index (χ2n) is 3.97. The molecule has 1 heterocycles. The molecule has 0 atom stereocenters. The van der Waals surface area contributed by atoms with Crippen molar-refractivity contribution >= 4 is 61.2 Å². The van der Waals surface area contributed by atoms with Crippen molar-refractivity contribution < 1.29 is 0 Å². The van der Waals surface area contributed by atoms with Gasteiger partial charge in [-0.3, -0.25) is 0 Å². The summed E-state index contributed by atoms with van der Waals surface area (Å²) in [7, 11) is 0. The summed E-state index contributed by atoms with van der Waals surface area (Å²) in [5, 5.41) is 4.18. The fourth-order valence-electron chi connectivity index (χ4n) is 1.87. The Morgan fingerprint density at radius 3 is 2.00 bits per heavy atom. The summed E-state index contributed by atoms with van der Waals surface area (Å²) in [6.07, 6.45) is 1.12. The highest BCUT2D eigenvalue weighted by Crippen LogP contribution is 2.10. The molecular weight excluding hydrogens is 349 g/mol. The van der Waals surface area contributed by atoms with Crippen LogP contribution in [-0.2, 0) is 6.42 Å². The SMILES string of the molecule is Cl.Cl.Cl.Cl.Clc1ccc(CCN2CCNCC2)cc1. The molecule has 1 saturated heterocycles. The lowest BCUT2D eigenvalue weighted by atomic mass is 10.1. The molecule has 1 aromatic carbocycles. The zero-order valence-electron chi connectivity index (χ0n) is 10.5. The van der Waals surface area contributed by atoms with Crippen LogP contribution in [0.1, 0.15) is 5.56 Å². The van der Waals surface area contributed by atoms with Gasteiger partial charge < -0.3 is 10.2 Å². The molecule has 2 rings (SSSR count). The van der Waals surface area contributed by atoms with Crippen molar-refractivity contribution in [3.8, 4) is 0 Å². The van der Waals surface area contributed by atoms with Crippen LogP contribution >= 0.6 is 61.2 Å². The lowest BCUT2D eigenvalue weighted by Gasteiger charge is -2.27. The third-order valence-electron chi connectivity index (χ3n) is 2.84. The normalized spacial score (nSPS) is 14.2. The molecule has 0 aliphatic carbocycles. The minimum atomic E-state index is 0. The van der Waals surface area contributed by atoms with E-state index in [9.17, 15) is 0 Å². The molecule has 1 aliphatic rings. The summed E-state index contributed by atoms with van der Waals surface area (Å²) >= 11 is 5.84. The summed E-state index contributed by atoms with van der Waals surface area (Å²) in [6.45, 7) is 5.76. The standard InChI is InChI=1S/C12H17ClN2.4ClH/c13-12-3-1-11(2-4-12)5-8-15-9-6-14-7-10-15;;;;/h1-4,14H,5-10H2;4*1H. The topological polar surface area (TPSA) is 15.3 Å². The number of benzene rings is 1. The molecule has 0 saturated carbocycles. The maximum Gasteiger partial charge on any atom is 0.0406 e. The Labute approximate surface area is 145 Å². The van der Waals surface area contributed by atoms with Gasteiger partial charge in [-0.25, -0.2) is 0 Å². The molecule has 2 nitrogen and oxygen atoms in total. The fraction of sp³-hybridized carbons (Fsp3) is 0.500. The van der Waals surface area contributed by atoms with Crippen molar-refractivity contribution in [2.75, 3.05) is 32.7 Å². The van der Waals surface area contributed by atoms with Crippen LogP contribution in [0.25, 0.3) is 0 Å². The van der Waals surface area contributed by atoms with Crippen molar-refractivity contribution in [2.24, 2.45) is 0 Å². The van der Waals surface area contributed by atoms with E-state index >= 15 is 0 Å². The first-order chi connectivity index (χ1) is 7.34. The maximum atomic E-state index is 5.84. The van der Waals surface area contributed by atoms with Crippen LogP contribution in [0.2, 0.25) is 5.02 Å². The van der Waals surface area contributed by atoms with Crippen molar-refractivity contribution in [3.05, 3.63) is 34.9 Å². The van der Waals surface area contributed by atoms with Gasteiger partial charge in [-0.2, -0.15) is 0 Å². The number of nitrogens with zero attached hydrogens (tertiary/aromatic N) is 1. The van der Waals surface area contributed by atoms with E-state index in [0.717, 1.165) is 31.1 Å². The number of nitrogens with one attached hydrogen (secondary N) is 1. The Morgan fingerprint density at radius 2 is 1.47 bits per heavy atom. The minimum absolute atomic E-state index is 0. The number of hydrogen-bond acceptors (Lipinski definition) is 2. The summed E-state index contributed by atoms with van der Waals surface area (Å²) in [6, 6.07) is 8.17. The highest BCUT2D eigenvalue weighted by atomic mass is 35.5. The number of piperazine rings is 1. The molecule has 0 aromatic heterocycles. The van der Waals surface area contributed by atoms with Crippen molar-refractivity contribution in [3.63, 3.8) is 0 Å². The summed E-state index contributed by atoms with van der Waals surface area (Å²) < 4.78 is 0. The van der Waals surface area contributed by atoms with Crippen molar-refractivity contribution in [2.45, 2.75) is 6.42 Å². The second kappa shape index (κ2) is 13.6. The third kappa shape index (κ3) is 9.19. The van der Waals surface area contributed by atoms with Gasteiger partial charge in [0.05, 0.1) is 0 Å². The molecule has 0 radical (unpaired) electrons. The van der Waals surface area contributed by atoms with E-state index in [1.54, 1.807) is 0 Å². The molecule has 0 spiro atoms. The molecule has 0 bridgehead atoms. The lowest BCUT2D eigenvalue weighted by molar-refractivity contribution is 0.244. The lowest BCUT2D eigenvalue weighted by Crippen LogP contribution is -2.44. The monoisotopic (exact) mass is 368 g/mol. The van der Waals surface area contributed by atoms with Crippen molar-refractivity contribution in [1.82, 2.24) is 10.2 Å². The zero-order chi connectivity index (χ0) is 10.5. The van der Waals surface area contributed by atoms with Gasteiger partial charge in [0.1, 0.15) is 0 Å². The molecule has 1 aliphatic heterocycles. The van der Waals surface area contributed by atoms with Gasteiger partial charge in [-0.15, -0.1) is 49.6 Å². The van der Waals surface area contributed by atoms with E-state index in [1.165, 1.54) is 18.7 Å². The molecule has 114 valence electrons. The van der Waals surface area contributed by atoms with Crippen LogP contribution in [0.4, 0.5) is 0 Å². The molecule has 1 fully saturated rings. The Balaban J connectivity index is -0.000000640. The van der Waals surface area contributed by atoms with E-state index in [2.05, 4.69) is 22.3 Å². The van der Waals surface area contributed by atoms with Crippen LogP contribution < -0.4 is 5.32 Å². The average Bonchev–Trinajstić information content (AvgIpc) is 2.30.